The summed E-state index contributed by atoms with van der Waals surface area (Å²) in [6.45, 7) is 2.01. The molecule has 3 aliphatic carbocycles. The minimum absolute atomic E-state index is 0.0940. The molecule has 2 unspecified atom stereocenters. The summed E-state index contributed by atoms with van der Waals surface area (Å²) in [5, 5.41) is 5.60. The number of anilines is 2. The Kier molecular flexibility index (Phi) is 5.50. The normalized spacial score (nSPS) is 25.2. The molecule has 3 atom stereocenters. The van der Waals surface area contributed by atoms with Gasteiger partial charge in [-0.25, -0.2) is 28.1 Å². The van der Waals surface area contributed by atoms with Crippen LogP contribution >= 0.6 is 0 Å². The zero-order valence-corrected chi connectivity index (χ0v) is 19.3. The van der Waals surface area contributed by atoms with Crippen LogP contribution in [0.5, 0.6) is 0 Å². The van der Waals surface area contributed by atoms with Gasteiger partial charge in [0.15, 0.2) is 0 Å². The van der Waals surface area contributed by atoms with Crippen molar-refractivity contribution in [3.63, 3.8) is 0 Å². The maximum atomic E-state index is 14.6. The van der Waals surface area contributed by atoms with Gasteiger partial charge in [-0.3, -0.25) is 0 Å². The fraction of sp³-hybridized carbons (Fsp3) is 0.522. The first kappa shape index (κ1) is 22.1. The van der Waals surface area contributed by atoms with Crippen LogP contribution in [0.15, 0.2) is 35.5 Å². The van der Waals surface area contributed by atoms with Crippen LogP contribution in [0.3, 0.4) is 0 Å². The monoisotopic (exact) mass is 473 g/mol. The number of benzene rings is 1. The average molecular weight is 474 g/mol. The molecule has 1 heterocycles. The lowest BCUT2D eigenvalue weighted by Gasteiger charge is -2.16. The third-order valence-corrected chi connectivity index (χ3v) is 9.10. The highest BCUT2D eigenvalue weighted by Crippen LogP contribution is 2.38. The van der Waals surface area contributed by atoms with Crippen LogP contribution in [0, 0.1) is 10.6 Å². The summed E-state index contributed by atoms with van der Waals surface area (Å²) in [5.74, 6) is -0.131. The summed E-state index contributed by atoms with van der Waals surface area (Å²) in [7, 11) is -2.95. The number of nitrogens with zero attached hydrogens (tertiary/aromatic N) is 2. The number of halogens is 1. The van der Waals surface area contributed by atoms with Gasteiger partial charge in [0.05, 0.1) is 20.3 Å². The molecule has 3 N–H and O–H groups in total. The Hall–Kier alpha value is -2.75. The molecule has 3 aliphatic rings. The number of rotatable bonds is 7. The zero-order valence-electron chi connectivity index (χ0n) is 18.5. The van der Waals surface area contributed by atoms with Crippen LogP contribution < -0.4 is 10.6 Å². The smallest absolute Gasteiger partial charge is 0.407 e. The Bertz CT molecular complexity index is 1160. The molecule has 5 rings (SSSR count). The van der Waals surface area contributed by atoms with Crippen molar-refractivity contribution in [2.24, 2.45) is 0 Å². The topological polar surface area (TPSA) is 117 Å². The molecule has 1 aromatic heterocycles. The van der Waals surface area contributed by atoms with Crippen LogP contribution in [0.4, 0.5) is 20.8 Å². The Labute approximate surface area is 192 Å². The third kappa shape index (κ3) is 4.95. The molecule has 0 aliphatic heterocycles. The minimum atomic E-state index is -2.95. The van der Waals surface area contributed by atoms with E-state index in [0.29, 0.717) is 0 Å². The Morgan fingerprint density at radius 2 is 1.94 bits per heavy atom. The first-order chi connectivity index (χ1) is 15.7. The van der Waals surface area contributed by atoms with E-state index < -0.39 is 15.5 Å². The van der Waals surface area contributed by atoms with Crippen LogP contribution in [0.1, 0.15) is 63.4 Å². The summed E-state index contributed by atoms with van der Waals surface area (Å²) >= 11 is 0. The maximum Gasteiger partial charge on any atom is 0.407 e. The summed E-state index contributed by atoms with van der Waals surface area (Å²) < 4.78 is 40.7. The van der Waals surface area contributed by atoms with E-state index in [1.165, 1.54) is 18.2 Å². The zero-order chi connectivity index (χ0) is 23.2. The van der Waals surface area contributed by atoms with Crippen LogP contribution in [0.25, 0.3) is 0 Å². The lowest BCUT2D eigenvalue weighted by molar-refractivity contribution is 0.0967. The minimum Gasteiger partial charge on any atom is -0.446 e. The van der Waals surface area contributed by atoms with Gasteiger partial charge in [-0.1, -0.05) is 0 Å². The number of amides is 1. The molecule has 8 nitrogen and oxygen atoms in total. The van der Waals surface area contributed by atoms with E-state index in [1.54, 1.807) is 12.4 Å². The predicted molar refractivity (Wildman–Crippen MR) is 122 cm³/mol. The summed E-state index contributed by atoms with van der Waals surface area (Å²) in [6.07, 6.45) is 8.86. The Morgan fingerprint density at radius 3 is 2.58 bits per heavy atom. The van der Waals surface area contributed by atoms with Crippen molar-refractivity contribution in [2.75, 3.05) is 5.32 Å². The molecule has 0 radical (unpaired) electrons. The van der Waals surface area contributed by atoms with Crippen LogP contribution in [-0.2, 0) is 14.5 Å². The quantitative estimate of drug-likeness (QED) is 0.530. The van der Waals surface area contributed by atoms with Crippen molar-refractivity contribution in [3.8, 4) is 0 Å². The molecule has 3 saturated carbocycles. The second-order valence-electron chi connectivity index (χ2n) is 9.63. The van der Waals surface area contributed by atoms with Crippen molar-refractivity contribution < 1.29 is 18.1 Å². The summed E-state index contributed by atoms with van der Waals surface area (Å²) in [5.41, 5.74) is 1.03. The second kappa shape index (κ2) is 8.23. The number of aromatic nitrogens is 2. The van der Waals surface area contributed by atoms with Gasteiger partial charge in [0.25, 0.3) is 0 Å². The Balaban J connectivity index is 1.17. The molecule has 0 bridgehead atoms. The fourth-order valence-corrected chi connectivity index (χ4v) is 5.94. The first-order valence-electron chi connectivity index (χ1n) is 11.4. The van der Waals surface area contributed by atoms with E-state index >= 15 is 0 Å². The number of hydrogen-bond donors (Lipinski definition) is 3. The fourth-order valence-electron chi connectivity index (χ4n) is 4.20. The van der Waals surface area contributed by atoms with Crippen LogP contribution in [-0.4, -0.2) is 37.2 Å². The highest BCUT2D eigenvalue weighted by molar-refractivity contribution is 7.93. The van der Waals surface area contributed by atoms with Crippen LogP contribution in [0.2, 0.25) is 0 Å². The van der Waals surface area contributed by atoms with Gasteiger partial charge in [-0.15, -0.1) is 0 Å². The molecular formula is C23H28FN5O3S. The molecule has 3 fully saturated rings. The van der Waals surface area contributed by atoms with E-state index in [2.05, 4.69) is 20.6 Å². The van der Waals surface area contributed by atoms with E-state index in [1.807, 2.05) is 6.92 Å². The van der Waals surface area contributed by atoms with Gasteiger partial charge in [0, 0.05) is 23.2 Å². The lowest BCUT2D eigenvalue weighted by atomic mass is 10.0. The van der Waals surface area contributed by atoms with E-state index in [4.69, 9.17) is 9.52 Å². The van der Waals surface area contributed by atoms with Gasteiger partial charge < -0.3 is 15.4 Å². The lowest BCUT2D eigenvalue weighted by Crippen LogP contribution is -2.36. The summed E-state index contributed by atoms with van der Waals surface area (Å²) in [4.78, 5) is 20.9. The number of carbonyl (C=O) groups excluding carboxylic acids is 1. The average Bonchev–Trinajstić information content (AvgIpc) is 3.70. The number of ether oxygens (including phenoxy) is 1. The molecule has 2 aromatic rings. The van der Waals surface area contributed by atoms with Gasteiger partial charge in [0.1, 0.15) is 11.9 Å². The molecule has 1 amide bonds. The third-order valence-electron chi connectivity index (χ3n) is 6.74. The highest BCUT2D eigenvalue weighted by Gasteiger charge is 2.40. The van der Waals surface area contributed by atoms with Crippen molar-refractivity contribution in [1.29, 1.82) is 4.78 Å². The summed E-state index contributed by atoms with van der Waals surface area (Å²) in [6, 6.07) is 4.18. The molecule has 176 valence electrons. The number of hydrogen-bond acceptors (Lipinski definition) is 7. The molecule has 33 heavy (non-hydrogen) atoms. The van der Waals surface area contributed by atoms with Crippen molar-refractivity contribution in [2.45, 2.75) is 79.6 Å². The van der Waals surface area contributed by atoms with E-state index in [-0.39, 0.29) is 45.4 Å². The maximum absolute atomic E-state index is 14.6. The van der Waals surface area contributed by atoms with Crippen molar-refractivity contribution >= 4 is 27.5 Å². The molecule has 10 heteroatoms. The van der Waals surface area contributed by atoms with Gasteiger partial charge in [0.2, 0.25) is 5.95 Å². The standard InChI is InChI=1S/C23H28FN5O3S/c1-23(8-9-23)29-22(30)32-16-3-2-14(10-16)15-12-26-21(27-13-15)28-20-7-6-18(11-19(20)24)33(25,31)17-4-5-17/h6-7,11-14,16-17,25H,2-5,8-10H2,1H3,(H,29,30)(H,26,27,28)/t14?,16?,33-/m0/s1. The van der Waals surface area contributed by atoms with Crippen molar-refractivity contribution in [3.05, 3.63) is 42.0 Å². The predicted octanol–water partition coefficient (Wildman–Crippen LogP) is 4.84. The number of nitrogens with one attached hydrogen (secondary N) is 3. The SMILES string of the molecule is CC1(NC(=O)OC2CCC(c3cnc(Nc4ccc([S@@](=N)(=O)C5CC5)cc4F)nc3)C2)CC1. The van der Waals surface area contributed by atoms with Gasteiger partial charge in [-0.2, -0.15) is 0 Å². The van der Waals surface area contributed by atoms with Crippen molar-refractivity contribution in [1.82, 2.24) is 15.3 Å². The highest BCUT2D eigenvalue weighted by atomic mass is 32.2. The first-order valence-corrected chi connectivity index (χ1v) is 13.0. The molecular weight excluding hydrogens is 445 g/mol. The second-order valence-corrected chi connectivity index (χ2v) is 12.0. The van der Waals surface area contributed by atoms with E-state index in [9.17, 15) is 13.4 Å². The molecule has 0 saturated heterocycles. The Morgan fingerprint density at radius 1 is 1.21 bits per heavy atom. The number of alkyl carbamates (subject to hydrolysis) is 1. The number of carbonyl (C=O) groups is 1. The van der Waals surface area contributed by atoms with E-state index in [0.717, 1.165) is 50.5 Å². The van der Waals surface area contributed by atoms with Gasteiger partial charge in [-0.05, 0) is 81.5 Å². The molecule has 0 spiro atoms. The van der Waals surface area contributed by atoms with Gasteiger partial charge >= 0.3 is 6.09 Å². The largest absolute Gasteiger partial charge is 0.446 e. The molecule has 1 aromatic carbocycles.